The van der Waals surface area contributed by atoms with Crippen molar-refractivity contribution >= 4 is 33.9 Å². The molecular weight excluding hydrogens is 382 g/mol. The van der Waals surface area contributed by atoms with Crippen molar-refractivity contribution in [3.63, 3.8) is 0 Å². The maximum absolute atomic E-state index is 6.22. The van der Waals surface area contributed by atoms with E-state index < -0.39 is 0 Å². The Bertz CT molecular complexity index is 1050. The summed E-state index contributed by atoms with van der Waals surface area (Å²) in [6.45, 7) is 4.69. The second kappa shape index (κ2) is 7.50. The molecule has 1 atom stereocenters. The lowest BCUT2D eigenvalue weighted by Gasteiger charge is -2.10. The molecule has 3 heterocycles. The Morgan fingerprint density at radius 2 is 2.04 bits per heavy atom. The van der Waals surface area contributed by atoms with Crippen LogP contribution in [-0.4, -0.2) is 29.8 Å². The van der Waals surface area contributed by atoms with Gasteiger partial charge in [0.25, 0.3) is 0 Å². The molecule has 3 aromatic heterocycles. The quantitative estimate of drug-likeness (QED) is 0.523. The van der Waals surface area contributed by atoms with Crippen LogP contribution in [0.4, 0.5) is 10.9 Å². The number of hydrogen-bond acceptors (Lipinski definition) is 6. The zero-order chi connectivity index (χ0) is 18.8. The summed E-state index contributed by atoms with van der Waals surface area (Å²) in [5.41, 5.74) is 2.11. The zero-order valence-corrected chi connectivity index (χ0v) is 16.4. The number of nitrogens with one attached hydrogen (secondary N) is 1. The second-order valence-electron chi connectivity index (χ2n) is 6.15. The van der Waals surface area contributed by atoms with Crippen molar-refractivity contribution in [3.05, 3.63) is 70.1 Å². The summed E-state index contributed by atoms with van der Waals surface area (Å²) in [6.07, 6.45) is 3.70. The normalized spacial score (nSPS) is 12.3. The summed E-state index contributed by atoms with van der Waals surface area (Å²) in [4.78, 5) is 0. The predicted octanol–water partition coefficient (Wildman–Crippen LogP) is 4.29. The zero-order valence-electron chi connectivity index (χ0n) is 14.9. The SMILES string of the molecule is Cc1ccnn1[C@H](C)c1nnc(Nc2ccn(Cc3ccccc3Cl)n2)s1. The molecule has 0 spiro atoms. The molecule has 0 aliphatic heterocycles. The van der Waals surface area contributed by atoms with Crippen molar-refractivity contribution in [1.82, 2.24) is 29.8 Å². The van der Waals surface area contributed by atoms with E-state index in [0.717, 1.165) is 21.3 Å². The number of halogens is 1. The van der Waals surface area contributed by atoms with Crippen molar-refractivity contribution in [3.8, 4) is 0 Å². The minimum Gasteiger partial charge on any atom is -0.313 e. The van der Waals surface area contributed by atoms with Gasteiger partial charge in [0.05, 0.1) is 6.54 Å². The van der Waals surface area contributed by atoms with Crippen LogP contribution in [0.25, 0.3) is 0 Å². The van der Waals surface area contributed by atoms with E-state index in [1.54, 1.807) is 6.20 Å². The van der Waals surface area contributed by atoms with E-state index in [1.165, 1.54) is 11.3 Å². The lowest BCUT2D eigenvalue weighted by Crippen LogP contribution is -2.09. The van der Waals surface area contributed by atoms with Crippen LogP contribution in [0.2, 0.25) is 5.02 Å². The fourth-order valence-electron chi connectivity index (χ4n) is 2.77. The molecule has 0 aliphatic carbocycles. The van der Waals surface area contributed by atoms with Gasteiger partial charge in [-0.2, -0.15) is 10.2 Å². The summed E-state index contributed by atoms with van der Waals surface area (Å²) in [5.74, 6) is 0.715. The van der Waals surface area contributed by atoms with E-state index in [9.17, 15) is 0 Å². The highest BCUT2D eigenvalue weighted by molar-refractivity contribution is 7.15. The van der Waals surface area contributed by atoms with Crippen LogP contribution in [0.3, 0.4) is 0 Å². The van der Waals surface area contributed by atoms with Gasteiger partial charge in [-0.05, 0) is 31.5 Å². The smallest absolute Gasteiger partial charge is 0.211 e. The first-order valence-electron chi connectivity index (χ1n) is 8.47. The van der Waals surface area contributed by atoms with Crippen LogP contribution in [-0.2, 0) is 6.54 Å². The maximum Gasteiger partial charge on any atom is 0.211 e. The molecule has 138 valence electrons. The van der Waals surface area contributed by atoms with Crippen LogP contribution >= 0.6 is 22.9 Å². The van der Waals surface area contributed by atoms with Gasteiger partial charge in [0.2, 0.25) is 5.13 Å². The van der Waals surface area contributed by atoms with Crippen LogP contribution in [0, 0.1) is 6.92 Å². The summed E-state index contributed by atoms with van der Waals surface area (Å²) < 4.78 is 3.77. The Balaban J connectivity index is 1.45. The van der Waals surface area contributed by atoms with E-state index in [4.69, 9.17) is 11.6 Å². The van der Waals surface area contributed by atoms with Gasteiger partial charge in [-0.1, -0.05) is 41.1 Å². The number of anilines is 2. The third-order valence-electron chi connectivity index (χ3n) is 4.20. The Labute approximate surface area is 165 Å². The average Bonchev–Trinajstić information content (AvgIpc) is 3.39. The van der Waals surface area contributed by atoms with Gasteiger partial charge in [-0.25, -0.2) is 0 Å². The fraction of sp³-hybridized carbons (Fsp3) is 0.222. The molecule has 7 nitrogen and oxygen atoms in total. The van der Waals surface area contributed by atoms with Crippen LogP contribution < -0.4 is 5.32 Å². The third-order valence-corrected chi connectivity index (χ3v) is 5.58. The van der Waals surface area contributed by atoms with Gasteiger partial charge < -0.3 is 5.32 Å². The predicted molar refractivity (Wildman–Crippen MR) is 107 cm³/mol. The molecule has 1 aromatic carbocycles. The van der Waals surface area contributed by atoms with Gasteiger partial charge in [0, 0.05) is 29.2 Å². The Morgan fingerprint density at radius 3 is 2.81 bits per heavy atom. The molecule has 0 saturated heterocycles. The summed E-state index contributed by atoms with van der Waals surface area (Å²) in [7, 11) is 0. The van der Waals surface area contributed by atoms with E-state index in [0.29, 0.717) is 17.5 Å². The largest absolute Gasteiger partial charge is 0.313 e. The monoisotopic (exact) mass is 399 g/mol. The van der Waals surface area contributed by atoms with Gasteiger partial charge in [-0.15, -0.1) is 10.2 Å². The number of aromatic nitrogens is 6. The molecule has 0 unspecified atom stereocenters. The maximum atomic E-state index is 6.22. The molecular formula is C18H18ClN7S. The summed E-state index contributed by atoms with van der Waals surface area (Å²) in [5, 5.41) is 22.9. The van der Waals surface area contributed by atoms with E-state index >= 15 is 0 Å². The molecule has 4 rings (SSSR count). The molecule has 0 saturated carbocycles. The Hall–Kier alpha value is -2.71. The number of rotatable bonds is 6. The highest BCUT2D eigenvalue weighted by atomic mass is 35.5. The van der Waals surface area contributed by atoms with Crippen molar-refractivity contribution in [1.29, 1.82) is 0 Å². The second-order valence-corrected chi connectivity index (χ2v) is 7.57. The first-order chi connectivity index (χ1) is 13.1. The topological polar surface area (TPSA) is 73.5 Å². The third kappa shape index (κ3) is 3.86. The minimum atomic E-state index is 0.0332. The van der Waals surface area contributed by atoms with Crippen molar-refractivity contribution in [2.75, 3.05) is 5.32 Å². The average molecular weight is 400 g/mol. The highest BCUT2D eigenvalue weighted by Crippen LogP contribution is 2.26. The molecule has 9 heteroatoms. The summed E-state index contributed by atoms with van der Waals surface area (Å²) in [6, 6.07) is 11.7. The van der Waals surface area contributed by atoms with Crippen LogP contribution in [0.1, 0.15) is 29.2 Å². The van der Waals surface area contributed by atoms with E-state index in [2.05, 4.69) is 32.6 Å². The number of aryl methyl sites for hydroxylation is 1. The standard InChI is InChI=1S/C18H18ClN7S/c1-12-7-9-20-26(12)13(2)17-22-23-18(27-17)21-16-8-10-25(24-16)11-14-5-3-4-6-15(14)19/h3-10,13H,11H2,1-2H3,(H,21,23,24)/t13-/m1/s1. The Morgan fingerprint density at radius 1 is 1.19 bits per heavy atom. The van der Waals surface area contributed by atoms with Gasteiger partial charge >= 0.3 is 0 Å². The fourth-order valence-corrected chi connectivity index (χ4v) is 3.75. The van der Waals surface area contributed by atoms with Gasteiger partial charge in [-0.3, -0.25) is 9.36 Å². The van der Waals surface area contributed by atoms with Crippen LogP contribution in [0.5, 0.6) is 0 Å². The first-order valence-corrected chi connectivity index (χ1v) is 9.67. The minimum absolute atomic E-state index is 0.0332. The molecule has 0 radical (unpaired) electrons. The first kappa shape index (κ1) is 17.7. The van der Waals surface area contributed by atoms with Crippen molar-refractivity contribution in [2.24, 2.45) is 0 Å². The molecule has 0 bridgehead atoms. The molecule has 4 aromatic rings. The number of hydrogen-bond donors (Lipinski definition) is 1. The molecule has 0 fully saturated rings. The van der Waals surface area contributed by atoms with Crippen molar-refractivity contribution in [2.45, 2.75) is 26.4 Å². The lowest BCUT2D eigenvalue weighted by atomic mass is 10.2. The molecule has 1 N–H and O–H groups in total. The Kier molecular flexibility index (Phi) is 4.91. The molecule has 0 amide bonds. The van der Waals surface area contributed by atoms with Crippen LogP contribution in [0.15, 0.2) is 48.8 Å². The van der Waals surface area contributed by atoms with Gasteiger partial charge in [0.15, 0.2) is 5.82 Å². The molecule has 27 heavy (non-hydrogen) atoms. The van der Waals surface area contributed by atoms with Crippen molar-refractivity contribution < 1.29 is 0 Å². The molecule has 0 aliphatic rings. The number of benzene rings is 1. The van der Waals surface area contributed by atoms with E-state index in [1.807, 2.05) is 58.9 Å². The number of nitrogens with zero attached hydrogens (tertiary/aromatic N) is 6. The van der Waals surface area contributed by atoms with E-state index in [-0.39, 0.29) is 6.04 Å². The summed E-state index contributed by atoms with van der Waals surface area (Å²) >= 11 is 7.71. The van der Waals surface area contributed by atoms with Gasteiger partial charge in [0.1, 0.15) is 11.0 Å². The highest BCUT2D eigenvalue weighted by Gasteiger charge is 2.16. The lowest BCUT2D eigenvalue weighted by molar-refractivity contribution is 0.543.